The molecule has 0 saturated heterocycles. The topological polar surface area (TPSA) is 102 Å². The zero-order chi connectivity index (χ0) is 28.3. The summed E-state index contributed by atoms with van der Waals surface area (Å²) in [5, 5.41) is 21.6. The molecular formula is C30H29F2N7O2. The first-order valence-corrected chi connectivity index (χ1v) is 13.8. The first-order chi connectivity index (χ1) is 19.8. The predicted molar refractivity (Wildman–Crippen MR) is 149 cm³/mol. The highest BCUT2D eigenvalue weighted by molar-refractivity contribution is 5.81. The molecule has 210 valence electrons. The minimum absolute atomic E-state index is 0.137. The fourth-order valence-electron chi connectivity index (χ4n) is 5.55. The maximum Gasteiger partial charge on any atom is 0.338 e. The van der Waals surface area contributed by atoms with Crippen molar-refractivity contribution in [2.75, 3.05) is 6.54 Å². The predicted octanol–water partition coefficient (Wildman–Crippen LogP) is 4.11. The Morgan fingerprint density at radius 1 is 1.10 bits per heavy atom. The third kappa shape index (κ3) is 4.74. The van der Waals surface area contributed by atoms with E-state index in [9.17, 15) is 14.3 Å². The molecule has 4 aromatic heterocycles. The number of hydrogen-bond acceptors (Lipinski definition) is 6. The summed E-state index contributed by atoms with van der Waals surface area (Å²) in [4.78, 5) is 18.4. The van der Waals surface area contributed by atoms with Crippen LogP contribution in [0.3, 0.4) is 0 Å². The Hall–Kier alpha value is -4.22. The van der Waals surface area contributed by atoms with E-state index >= 15 is 4.39 Å². The molecule has 0 spiro atoms. The van der Waals surface area contributed by atoms with E-state index < -0.39 is 22.9 Å². The first-order valence-electron chi connectivity index (χ1n) is 13.8. The smallest absolute Gasteiger partial charge is 0.338 e. The van der Waals surface area contributed by atoms with Gasteiger partial charge in [-0.1, -0.05) is 6.07 Å². The third-order valence-electron chi connectivity index (χ3n) is 8.16. The Morgan fingerprint density at radius 2 is 1.93 bits per heavy atom. The molecule has 11 heteroatoms. The van der Waals surface area contributed by atoms with E-state index in [1.165, 1.54) is 33.4 Å². The lowest BCUT2D eigenvalue weighted by molar-refractivity contribution is -0.0314. The van der Waals surface area contributed by atoms with Gasteiger partial charge in [-0.15, -0.1) is 10.2 Å². The summed E-state index contributed by atoms with van der Waals surface area (Å²) in [6.07, 6.45) is 9.12. The van der Waals surface area contributed by atoms with Gasteiger partial charge in [0.1, 0.15) is 29.3 Å². The maximum absolute atomic E-state index is 15.2. The van der Waals surface area contributed by atoms with Crippen molar-refractivity contribution in [3.8, 4) is 28.3 Å². The second-order valence-corrected chi connectivity index (χ2v) is 11.3. The van der Waals surface area contributed by atoms with E-state index in [-0.39, 0.29) is 11.4 Å². The van der Waals surface area contributed by atoms with Crippen LogP contribution in [0.15, 0.2) is 59.9 Å². The molecular weight excluding hydrogens is 528 g/mol. The minimum Gasteiger partial charge on any atom is -0.389 e. The van der Waals surface area contributed by atoms with Crippen LogP contribution >= 0.6 is 0 Å². The quantitative estimate of drug-likeness (QED) is 0.298. The van der Waals surface area contributed by atoms with E-state index in [0.717, 1.165) is 48.9 Å². The third-order valence-corrected chi connectivity index (χ3v) is 8.16. The summed E-state index contributed by atoms with van der Waals surface area (Å²) in [6, 6.07) is 9.63. The number of pyridine rings is 2. The lowest BCUT2D eigenvalue weighted by Gasteiger charge is -2.36. The number of nitrogens with zero attached hydrogens (tertiary/aromatic N) is 6. The highest BCUT2D eigenvalue weighted by Gasteiger charge is 2.33. The molecule has 9 nitrogen and oxygen atoms in total. The molecule has 2 saturated carbocycles. The van der Waals surface area contributed by atoms with Crippen LogP contribution in [0, 0.1) is 11.6 Å². The van der Waals surface area contributed by atoms with E-state index in [2.05, 4.69) is 15.5 Å². The SMILES string of the molecule is Cn1cnnc1-c1cc(F)ccc1-c1cc(C2CC2)nc(-n2cc3c(F)cc(CNCC4(O)CCC4)cn3c2=O)c1. The van der Waals surface area contributed by atoms with Crippen LogP contribution in [-0.2, 0) is 13.6 Å². The Morgan fingerprint density at radius 3 is 2.63 bits per heavy atom. The van der Waals surface area contributed by atoms with Crippen LogP contribution in [0.5, 0.6) is 0 Å². The molecule has 0 aliphatic heterocycles. The van der Waals surface area contributed by atoms with Crippen LogP contribution in [0.1, 0.15) is 49.3 Å². The lowest BCUT2D eigenvalue weighted by Crippen LogP contribution is -2.46. The van der Waals surface area contributed by atoms with Gasteiger partial charge in [-0.3, -0.25) is 8.97 Å². The summed E-state index contributed by atoms with van der Waals surface area (Å²) in [5.74, 6) is 0.202. The number of aromatic nitrogens is 6. The van der Waals surface area contributed by atoms with Gasteiger partial charge in [0.05, 0.1) is 5.60 Å². The molecule has 2 fully saturated rings. The van der Waals surface area contributed by atoms with Crippen molar-refractivity contribution in [2.45, 2.75) is 50.2 Å². The average molecular weight is 558 g/mol. The highest BCUT2D eigenvalue weighted by atomic mass is 19.1. The molecule has 7 rings (SSSR count). The number of halogens is 2. The van der Waals surface area contributed by atoms with Gasteiger partial charge in [-0.05, 0) is 79.1 Å². The van der Waals surface area contributed by atoms with Crippen LogP contribution in [-0.4, -0.2) is 46.0 Å². The zero-order valence-electron chi connectivity index (χ0n) is 22.5. The molecule has 0 radical (unpaired) electrons. The van der Waals surface area contributed by atoms with Crippen molar-refractivity contribution < 1.29 is 13.9 Å². The van der Waals surface area contributed by atoms with Crippen LogP contribution in [0.2, 0.25) is 0 Å². The molecule has 2 N–H and O–H groups in total. The maximum atomic E-state index is 15.2. The number of aryl methyl sites for hydroxylation is 1. The fraction of sp³-hybridized carbons (Fsp3) is 0.333. The van der Waals surface area contributed by atoms with Gasteiger partial charge in [-0.25, -0.2) is 18.6 Å². The Kier molecular flexibility index (Phi) is 6.09. The van der Waals surface area contributed by atoms with Crippen molar-refractivity contribution in [1.29, 1.82) is 0 Å². The van der Waals surface area contributed by atoms with Gasteiger partial charge in [0.15, 0.2) is 5.82 Å². The van der Waals surface area contributed by atoms with Gasteiger partial charge >= 0.3 is 5.69 Å². The summed E-state index contributed by atoms with van der Waals surface area (Å²) in [5.41, 5.74) is 2.44. The van der Waals surface area contributed by atoms with Gasteiger partial charge in [0.25, 0.3) is 0 Å². The molecule has 41 heavy (non-hydrogen) atoms. The number of benzene rings is 1. The van der Waals surface area contributed by atoms with Crippen molar-refractivity contribution in [3.63, 3.8) is 0 Å². The first kappa shape index (κ1) is 25.7. The van der Waals surface area contributed by atoms with E-state index in [4.69, 9.17) is 4.98 Å². The van der Waals surface area contributed by atoms with E-state index in [1.54, 1.807) is 36.3 Å². The Balaban J connectivity index is 1.30. The van der Waals surface area contributed by atoms with Gasteiger partial charge in [-0.2, -0.15) is 0 Å². The molecule has 0 atom stereocenters. The standard InChI is InChI=1S/C30H29F2N7O2/c1-37-17-34-36-28(37)23-12-21(31)5-6-22(23)20-10-25(19-3-4-19)35-27(11-20)39-15-26-24(32)9-18(14-38(26)29(39)40)13-33-16-30(41)7-2-8-30/h5-6,9-12,14-15,17,19,33,41H,2-4,7-8,13,16H2,1H3. The molecule has 0 bridgehead atoms. The number of fused-ring (bicyclic) bond motifs is 1. The van der Waals surface area contributed by atoms with Crippen molar-refractivity contribution >= 4 is 5.52 Å². The number of nitrogens with one attached hydrogen (secondary N) is 1. The molecule has 5 aromatic rings. The number of imidazole rings is 1. The fourth-order valence-corrected chi connectivity index (χ4v) is 5.55. The minimum atomic E-state index is -0.698. The average Bonchev–Trinajstić information content (AvgIpc) is 3.62. The van der Waals surface area contributed by atoms with Gasteiger partial charge < -0.3 is 15.0 Å². The Bertz CT molecular complexity index is 1850. The summed E-state index contributed by atoms with van der Waals surface area (Å²) >= 11 is 0. The summed E-state index contributed by atoms with van der Waals surface area (Å²) in [6.45, 7) is 0.741. The second kappa shape index (κ2) is 9.71. The van der Waals surface area contributed by atoms with Crippen molar-refractivity contribution in [2.24, 2.45) is 7.05 Å². The van der Waals surface area contributed by atoms with Crippen LogP contribution in [0.4, 0.5) is 8.78 Å². The summed E-state index contributed by atoms with van der Waals surface area (Å²) in [7, 11) is 1.79. The summed E-state index contributed by atoms with van der Waals surface area (Å²) < 4.78 is 34.0. The molecule has 4 heterocycles. The molecule has 2 aliphatic rings. The van der Waals surface area contributed by atoms with Crippen molar-refractivity contribution in [1.82, 2.24) is 34.0 Å². The largest absolute Gasteiger partial charge is 0.389 e. The van der Waals surface area contributed by atoms with E-state index in [1.807, 2.05) is 6.07 Å². The van der Waals surface area contributed by atoms with Gasteiger partial charge in [0, 0.05) is 49.7 Å². The number of rotatable bonds is 8. The molecule has 0 unspecified atom stereocenters. The zero-order valence-corrected chi connectivity index (χ0v) is 22.5. The lowest BCUT2D eigenvalue weighted by atomic mass is 9.80. The van der Waals surface area contributed by atoms with Crippen LogP contribution < -0.4 is 11.0 Å². The number of aliphatic hydroxyl groups is 1. The Labute approximate surface area is 234 Å². The number of hydrogen-bond donors (Lipinski definition) is 2. The molecule has 0 amide bonds. The highest BCUT2D eigenvalue weighted by Crippen LogP contribution is 2.42. The molecule has 2 aliphatic carbocycles. The van der Waals surface area contributed by atoms with Crippen molar-refractivity contribution in [3.05, 3.63) is 88.5 Å². The monoisotopic (exact) mass is 557 g/mol. The molecule has 1 aromatic carbocycles. The van der Waals surface area contributed by atoms with E-state index in [0.29, 0.717) is 35.9 Å². The van der Waals surface area contributed by atoms with Crippen LogP contribution in [0.25, 0.3) is 33.8 Å². The van der Waals surface area contributed by atoms with Gasteiger partial charge in [0.2, 0.25) is 0 Å². The second-order valence-electron chi connectivity index (χ2n) is 11.3. The normalized spacial score (nSPS) is 16.3.